The van der Waals surface area contributed by atoms with Crippen LogP contribution in [-0.4, -0.2) is 40.0 Å². The van der Waals surface area contributed by atoms with Crippen LogP contribution in [0, 0.1) is 0 Å². The molecule has 0 radical (unpaired) electrons. The van der Waals surface area contributed by atoms with Gasteiger partial charge in [-0.1, -0.05) is 6.92 Å². The maximum atomic E-state index is 12.3. The Balaban J connectivity index is 2.09. The van der Waals surface area contributed by atoms with E-state index < -0.39 is 9.84 Å². The topological polar surface area (TPSA) is 64.6 Å². The Morgan fingerprint density at radius 1 is 1.25 bits per heavy atom. The van der Waals surface area contributed by atoms with Gasteiger partial charge in [-0.25, -0.2) is 8.42 Å². The van der Waals surface area contributed by atoms with Gasteiger partial charge in [0.15, 0.2) is 21.3 Å². The monoisotopic (exact) mass is 299 g/mol. The van der Waals surface area contributed by atoms with Crippen LogP contribution in [0.4, 0.5) is 0 Å². The molecule has 0 aromatic heterocycles. The highest BCUT2D eigenvalue weighted by Gasteiger charge is 2.20. The fourth-order valence-corrected chi connectivity index (χ4v) is 3.58. The van der Waals surface area contributed by atoms with Crippen LogP contribution < -0.4 is 14.8 Å². The maximum absolute atomic E-state index is 12.3. The standard InChI is InChI=1S/C14H21NO4S/c1-3-15-11(2)6-9-20(16,17)12-4-5-13-14(10-12)19-8-7-18-13/h4-5,10-11,15H,3,6-9H2,1-2H3. The molecule has 1 aliphatic rings. The van der Waals surface area contributed by atoms with Gasteiger partial charge < -0.3 is 14.8 Å². The number of sulfone groups is 1. The second-order valence-electron chi connectivity index (χ2n) is 4.87. The average Bonchev–Trinajstić information content (AvgIpc) is 2.45. The number of ether oxygens (including phenoxy) is 2. The zero-order valence-corrected chi connectivity index (χ0v) is 12.7. The second kappa shape index (κ2) is 6.45. The summed E-state index contributed by atoms with van der Waals surface area (Å²) in [6.07, 6.45) is 0.588. The molecular weight excluding hydrogens is 278 g/mol. The van der Waals surface area contributed by atoms with Crippen LogP contribution in [0.25, 0.3) is 0 Å². The van der Waals surface area contributed by atoms with Crippen LogP contribution in [0.5, 0.6) is 11.5 Å². The molecule has 1 unspecified atom stereocenters. The number of rotatable bonds is 6. The Labute approximate surface area is 120 Å². The lowest BCUT2D eigenvalue weighted by Crippen LogP contribution is -2.28. The van der Waals surface area contributed by atoms with Crippen molar-refractivity contribution in [3.05, 3.63) is 18.2 Å². The number of hydrogen-bond acceptors (Lipinski definition) is 5. The molecule has 1 aliphatic heterocycles. The maximum Gasteiger partial charge on any atom is 0.178 e. The van der Waals surface area contributed by atoms with E-state index in [2.05, 4.69) is 5.32 Å². The minimum absolute atomic E-state index is 0.126. The number of nitrogens with one attached hydrogen (secondary N) is 1. The third-order valence-corrected chi connectivity index (χ3v) is 4.99. The summed E-state index contributed by atoms with van der Waals surface area (Å²) in [5.41, 5.74) is 0. The molecule has 1 aromatic rings. The van der Waals surface area contributed by atoms with Crippen molar-refractivity contribution in [3.8, 4) is 11.5 Å². The summed E-state index contributed by atoms with van der Waals surface area (Å²) in [7, 11) is -3.28. The largest absolute Gasteiger partial charge is 0.486 e. The van der Waals surface area contributed by atoms with Crippen LogP contribution in [0.1, 0.15) is 20.3 Å². The number of fused-ring (bicyclic) bond motifs is 1. The van der Waals surface area contributed by atoms with Gasteiger partial charge >= 0.3 is 0 Å². The summed E-state index contributed by atoms with van der Waals surface area (Å²) in [6, 6.07) is 4.99. The van der Waals surface area contributed by atoms with E-state index in [0.717, 1.165) is 6.54 Å². The van der Waals surface area contributed by atoms with Gasteiger partial charge in [-0.05, 0) is 32.0 Å². The van der Waals surface area contributed by atoms with E-state index in [9.17, 15) is 8.42 Å². The molecule has 0 saturated carbocycles. The van der Waals surface area contributed by atoms with Crippen molar-refractivity contribution in [2.24, 2.45) is 0 Å². The lowest BCUT2D eigenvalue weighted by atomic mass is 10.3. The molecule has 1 atom stereocenters. The zero-order chi connectivity index (χ0) is 14.6. The van der Waals surface area contributed by atoms with Crippen LogP contribution in [-0.2, 0) is 9.84 Å². The molecule has 0 saturated heterocycles. The first kappa shape index (κ1) is 15.1. The van der Waals surface area contributed by atoms with Gasteiger partial charge in [-0.3, -0.25) is 0 Å². The van der Waals surface area contributed by atoms with E-state index >= 15 is 0 Å². The molecule has 5 nitrogen and oxygen atoms in total. The van der Waals surface area contributed by atoms with Gasteiger partial charge in [0.1, 0.15) is 13.2 Å². The van der Waals surface area contributed by atoms with Crippen molar-refractivity contribution in [1.29, 1.82) is 0 Å². The smallest absolute Gasteiger partial charge is 0.178 e. The Hall–Kier alpha value is -1.27. The third kappa shape index (κ3) is 3.64. The molecule has 0 fully saturated rings. The molecule has 2 rings (SSSR count). The second-order valence-corrected chi connectivity index (χ2v) is 6.98. The van der Waals surface area contributed by atoms with Crippen LogP contribution >= 0.6 is 0 Å². The molecule has 20 heavy (non-hydrogen) atoms. The molecular formula is C14H21NO4S. The molecule has 0 aliphatic carbocycles. The first-order chi connectivity index (χ1) is 9.53. The summed E-state index contributed by atoms with van der Waals surface area (Å²) in [5.74, 6) is 1.24. The highest BCUT2D eigenvalue weighted by atomic mass is 32.2. The SMILES string of the molecule is CCNC(C)CCS(=O)(=O)c1ccc2c(c1)OCCO2. The van der Waals surface area contributed by atoms with Crippen LogP contribution in [0.15, 0.2) is 23.1 Å². The van der Waals surface area contributed by atoms with E-state index in [1.54, 1.807) is 18.2 Å². The quantitative estimate of drug-likeness (QED) is 0.864. The molecule has 0 amide bonds. The van der Waals surface area contributed by atoms with Crippen molar-refractivity contribution in [3.63, 3.8) is 0 Å². The van der Waals surface area contributed by atoms with Crippen molar-refractivity contribution in [1.82, 2.24) is 5.32 Å². The van der Waals surface area contributed by atoms with Gasteiger partial charge in [0, 0.05) is 12.1 Å². The van der Waals surface area contributed by atoms with Crippen molar-refractivity contribution < 1.29 is 17.9 Å². The Kier molecular flexibility index (Phi) is 4.88. The van der Waals surface area contributed by atoms with Crippen molar-refractivity contribution in [2.45, 2.75) is 31.2 Å². The average molecular weight is 299 g/mol. The van der Waals surface area contributed by atoms with Gasteiger partial charge in [0.25, 0.3) is 0 Å². The molecule has 112 valence electrons. The number of benzene rings is 1. The first-order valence-corrected chi connectivity index (χ1v) is 8.54. The van der Waals surface area contributed by atoms with E-state index in [1.807, 2.05) is 13.8 Å². The zero-order valence-electron chi connectivity index (χ0n) is 11.9. The van der Waals surface area contributed by atoms with Gasteiger partial charge in [0.05, 0.1) is 10.6 Å². The normalized spacial score (nSPS) is 15.9. The fraction of sp³-hybridized carbons (Fsp3) is 0.571. The Morgan fingerprint density at radius 2 is 1.95 bits per heavy atom. The van der Waals surface area contributed by atoms with Crippen LogP contribution in [0.3, 0.4) is 0 Å². The van der Waals surface area contributed by atoms with Gasteiger partial charge in [-0.2, -0.15) is 0 Å². The predicted octanol–water partition coefficient (Wildman–Crippen LogP) is 1.62. The molecule has 1 aromatic carbocycles. The minimum Gasteiger partial charge on any atom is -0.486 e. The van der Waals surface area contributed by atoms with Gasteiger partial charge in [0.2, 0.25) is 0 Å². The fourth-order valence-electron chi connectivity index (χ4n) is 2.12. The van der Waals surface area contributed by atoms with Crippen molar-refractivity contribution in [2.75, 3.05) is 25.5 Å². The number of hydrogen-bond donors (Lipinski definition) is 1. The van der Waals surface area contributed by atoms with E-state index in [1.165, 1.54) is 0 Å². The van der Waals surface area contributed by atoms with E-state index in [4.69, 9.17) is 9.47 Å². The molecule has 0 spiro atoms. The lowest BCUT2D eigenvalue weighted by molar-refractivity contribution is 0.171. The predicted molar refractivity (Wildman–Crippen MR) is 77.2 cm³/mol. The molecule has 1 N–H and O–H groups in total. The third-order valence-electron chi connectivity index (χ3n) is 3.24. The molecule has 6 heteroatoms. The highest BCUT2D eigenvalue weighted by molar-refractivity contribution is 7.91. The minimum atomic E-state index is -3.28. The van der Waals surface area contributed by atoms with Crippen LogP contribution in [0.2, 0.25) is 0 Å². The summed E-state index contributed by atoms with van der Waals surface area (Å²) < 4.78 is 35.4. The van der Waals surface area contributed by atoms with Gasteiger partial charge in [-0.15, -0.1) is 0 Å². The first-order valence-electron chi connectivity index (χ1n) is 6.88. The summed E-state index contributed by atoms with van der Waals surface area (Å²) in [5, 5.41) is 3.21. The Morgan fingerprint density at radius 3 is 2.65 bits per heavy atom. The summed E-state index contributed by atoms with van der Waals surface area (Å²) in [6.45, 7) is 5.78. The highest BCUT2D eigenvalue weighted by Crippen LogP contribution is 2.32. The molecule has 1 heterocycles. The van der Waals surface area contributed by atoms with E-state index in [0.29, 0.717) is 36.0 Å². The molecule has 0 bridgehead atoms. The lowest BCUT2D eigenvalue weighted by Gasteiger charge is -2.19. The summed E-state index contributed by atoms with van der Waals surface area (Å²) >= 11 is 0. The van der Waals surface area contributed by atoms with Crippen molar-refractivity contribution >= 4 is 9.84 Å². The van der Waals surface area contributed by atoms with E-state index in [-0.39, 0.29) is 11.8 Å². The summed E-state index contributed by atoms with van der Waals surface area (Å²) in [4.78, 5) is 0.297. The Bertz CT molecular complexity index is 556.